The minimum absolute atomic E-state index is 0.00338. The van der Waals surface area contributed by atoms with Crippen molar-refractivity contribution in [3.63, 3.8) is 0 Å². The Balaban J connectivity index is 1.67. The summed E-state index contributed by atoms with van der Waals surface area (Å²) >= 11 is 0. The summed E-state index contributed by atoms with van der Waals surface area (Å²) < 4.78 is 3.63. The van der Waals surface area contributed by atoms with E-state index >= 15 is 0 Å². The van der Waals surface area contributed by atoms with Gasteiger partial charge in [-0.25, -0.2) is 0 Å². The molecule has 7 heteroatoms. The van der Waals surface area contributed by atoms with E-state index < -0.39 is 0 Å². The Kier molecular flexibility index (Phi) is 2.85. The van der Waals surface area contributed by atoms with Crippen molar-refractivity contribution in [3.05, 3.63) is 53.7 Å². The third-order valence-electron chi connectivity index (χ3n) is 4.07. The Hall–Kier alpha value is -2.83. The number of amides is 1. The Bertz CT molecular complexity index is 813. The largest absolute Gasteiger partial charge is 0.334 e. The van der Waals surface area contributed by atoms with Gasteiger partial charge in [0.1, 0.15) is 11.4 Å². The number of aromatic amines is 1. The summed E-state index contributed by atoms with van der Waals surface area (Å²) in [7, 11) is 1.84. The molecule has 1 N–H and O–H groups in total. The quantitative estimate of drug-likeness (QED) is 0.770. The molecule has 4 rings (SSSR count). The van der Waals surface area contributed by atoms with Gasteiger partial charge in [0, 0.05) is 50.2 Å². The van der Waals surface area contributed by atoms with Gasteiger partial charge in [0.15, 0.2) is 0 Å². The van der Waals surface area contributed by atoms with Crippen molar-refractivity contribution in [2.75, 3.05) is 6.54 Å². The van der Waals surface area contributed by atoms with Gasteiger partial charge in [-0.3, -0.25) is 14.6 Å². The van der Waals surface area contributed by atoms with E-state index in [1.807, 2.05) is 41.0 Å². The van der Waals surface area contributed by atoms with E-state index in [1.54, 1.807) is 17.1 Å². The molecule has 1 aliphatic heterocycles. The fourth-order valence-electron chi connectivity index (χ4n) is 2.93. The molecule has 0 unspecified atom stereocenters. The number of fused-ring (bicyclic) bond motifs is 1. The molecule has 0 fully saturated rings. The van der Waals surface area contributed by atoms with Crippen molar-refractivity contribution >= 4 is 5.91 Å². The van der Waals surface area contributed by atoms with Crippen molar-refractivity contribution in [2.24, 2.45) is 7.05 Å². The molecular weight excluding hydrogens is 280 g/mol. The molecule has 1 aliphatic rings. The monoisotopic (exact) mass is 296 g/mol. The van der Waals surface area contributed by atoms with Gasteiger partial charge in [0.05, 0.1) is 12.4 Å². The van der Waals surface area contributed by atoms with Crippen LogP contribution in [0, 0.1) is 0 Å². The second-order valence-corrected chi connectivity index (χ2v) is 5.45. The van der Waals surface area contributed by atoms with Gasteiger partial charge in [-0.15, -0.1) is 0 Å². The topological polar surface area (TPSA) is 71.7 Å². The predicted molar refractivity (Wildman–Crippen MR) is 79.6 cm³/mol. The Morgan fingerprint density at radius 3 is 2.91 bits per heavy atom. The number of rotatable bonds is 2. The minimum atomic E-state index is 0.00338. The smallest absolute Gasteiger partial charge is 0.259 e. The number of nitrogens with zero attached hydrogens (tertiary/aromatic N) is 5. The van der Waals surface area contributed by atoms with E-state index in [0.717, 1.165) is 23.5 Å². The minimum Gasteiger partial charge on any atom is -0.334 e. The van der Waals surface area contributed by atoms with Crippen LogP contribution in [0.2, 0.25) is 0 Å². The van der Waals surface area contributed by atoms with Crippen LogP contribution in [0.1, 0.15) is 21.6 Å². The van der Waals surface area contributed by atoms with Crippen molar-refractivity contribution in [1.82, 2.24) is 29.4 Å². The molecule has 0 saturated carbocycles. The SMILES string of the molecule is Cn1ncc(C(=O)N2CCc3[nH]ncc3C2)c1-n1cccc1. The first-order chi connectivity index (χ1) is 10.7. The van der Waals surface area contributed by atoms with Crippen LogP contribution in [0.15, 0.2) is 36.9 Å². The first-order valence-electron chi connectivity index (χ1n) is 7.20. The molecule has 0 aliphatic carbocycles. The van der Waals surface area contributed by atoms with Crippen LogP contribution in [-0.4, -0.2) is 41.9 Å². The fourth-order valence-corrected chi connectivity index (χ4v) is 2.93. The third-order valence-corrected chi connectivity index (χ3v) is 4.07. The molecule has 7 nitrogen and oxygen atoms in total. The normalized spacial score (nSPS) is 14.1. The third kappa shape index (κ3) is 1.93. The molecule has 0 saturated heterocycles. The van der Waals surface area contributed by atoms with Crippen LogP contribution in [-0.2, 0) is 20.0 Å². The molecule has 22 heavy (non-hydrogen) atoms. The molecule has 3 aromatic heterocycles. The fraction of sp³-hybridized carbons (Fsp3) is 0.267. The lowest BCUT2D eigenvalue weighted by molar-refractivity contribution is 0.0734. The lowest BCUT2D eigenvalue weighted by atomic mass is 10.1. The second kappa shape index (κ2) is 4.87. The molecule has 0 radical (unpaired) electrons. The summed E-state index contributed by atoms with van der Waals surface area (Å²) in [5.74, 6) is 0.789. The number of carbonyl (C=O) groups is 1. The van der Waals surface area contributed by atoms with E-state index in [-0.39, 0.29) is 5.91 Å². The van der Waals surface area contributed by atoms with Crippen LogP contribution in [0.4, 0.5) is 0 Å². The maximum Gasteiger partial charge on any atom is 0.259 e. The van der Waals surface area contributed by atoms with E-state index in [2.05, 4.69) is 15.3 Å². The predicted octanol–water partition coefficient (Wildman–Crippen LogP) is 1.13. The van der Waals surface area contributed by atoms with Crippen LogP contribution >= 0.6 is 0 Å². The van der Waals surface area contributed by atoms with Crippen molar-refractivity contribution in [1.29, 1.82) is 0 Å². The van der Waals surface area contributed by atoms with Gasteiger partial charge in [-0.05, 0) is 12.1 Å². The average molecular weight is 296 g/mol. The van der Waals surface area contributed by atoms with E-state index in [9.17, 15) is 4.79 Å². The lowest BCUT2D eigenvalue weighted by Crippen LogP contribution is -2.36. The summed E-state index contributed by atoms with van der Waals surface area (Å²) in [6.07, 6.45) is 8.07. The second-order valence-electron chi connectivity index (χ2n) is 5.45. The van der Waals surface area contributed by atoms with E-state index in [4.69, 9.17) is 0 Å². The highest BCUT2D eigenvalue weighted by atomic mass is 16.2. The molecule has 0 aromatic carbocycles. The van der Waals surface area contributed by atoms with Crippen molar-refractivity contribution in [3.8, 4) is 5.82 Å². The summed E-state index contributed by atoms with van der Waals surface area (Å²) in [5.41, 5.74) is 2.83. The van der Waals surface area contributed by atoms with Gasteiger partial charge in [0.2, 0.25) is 0 Å². The number of carbonyl (C=O) groups excluding carboxylic acids is 1. The first kappa shape index (κ1) is 12.9. The number of nitrogens with one attached hydrogen (secondary N) is 1. The number of aryl methyl sites for hydroxylation is 1. The van der Waals surface area contributed by atoms with Crippen LogP contribution in [0.5, 0.6) is 0 Å². The van der Waals surface area contributed by atoms with Gasteiger partial charge in [0.25, 0.3) is 5.91 Å². The maximum absolute atomic E-state index is 12.9. The van der Waals surface area contributed by atoms with Gasteiger partial charge in [-0.2, -0.15) is 10.2 Å². The Morgan fingerprint density at radius 2 is 2.09 bits per heavy atom. The van der Waals surface area contributed by atoms with Gasteiger partial charge < -0.3 is 9.47 Å². The number of H-pyrrole nitrogens is 1. The van der Waals surface area contributed by atoms with Crippen LogP contribution < -0.4 is 0 Å². The zero-order chi connectivity index (χ0) is 15.1. The maximum atomic E-state index is 12.9. The molecule has 3 aromatic rings. The number of aromatic nitrogens is 5. The lowest BCUT2D eigenvalue weighted by Gasteiger charge is -2.26. The Labute approximate surface area is 127 Å². The molecule has 112 valence electrons. The molecule has 0 spiro atoms. The zero-order valence-electron chi connectivity index (χ0n) is 12.2. The Morgan fingerprint density at radius 1 is 1.27 bits per heavy atom. The number of hydrogen-bond acceptors (Lipinski definition) is 3. The van der Waals surface area contributed by atoms with Crippen molar-refractivity contribution in [2.45, 2.75) is 13.0 Å². The van der Waals surface area contributed by atoms with Gasteiger partial charge in [-0.1, -0.05) is 0 Å². The summed E-state index contributed by atoms with van der Waals surface area (Å²) in [5, 5.41) is 11.3. The molecule has 1 amide bonds. The van der Waals surface area contributed by atoms with E-state index in [1.165, 1.54) is 0 Å². The van der Waals surface area contributed by atoms with Crippen LogP contribution in [0.3, 0.4) is 0 Å². The van der Waals surface area contributed by atoms with Crippen molar-refractivity contribution < 1.29 is 4.79 Å². The first-order valence-corrected chi connectivity index (χ1v) is 7.20. The summed E-state index contributed by atoms with van der Waals surface area (Å²) in [6.45, 7) is 1.28. The van der Waals surface area contributed by atoms with Crippen LogP contribution in [0.25, 0.3) is 5.82 Å². The average Bonchev–Trinajstić information content (AvgIpc) is 3.25. The molecule has 0 atom stereocenters. The van der Waals surface area contributed by atoms with Gasteiger partial charge >= 0.3 is 0 Å². The summed E-state index contributed by atoms with van der Waals surface area (Å²) in [6, 6.07) is 3.86. The highest BCUT2D eigenvalue weighted by Gasteiger charge is 2.26. The highest BCUT2D eigenvalue weighted by molar-refractivity contribution is 5.97. The standard InChI is InChI=1S/C15H16N6O/c1-19-14(20-5-2-3-6-20)12(9-17-19)15(22)21-7-4-13-11(10-21)8-16-18-13/h2-3,5-6,8-9H,4,7,10H2,1H3,(H,16,18). The summed E-state index contributed by atoms with van der Waals surface area (Å²) in [4.78, 5) is 14.7. The highest BCUT2D eigenvalue weighted by Crippen LogP contribution is 2.21. The number of hydrogen-bond donors (Lipinski definition) is 1. The zero-order valence-corrected chi connectivity index (χ0v) is 12.2. The molecular formula is C15H16N6O. The molecule has 4 heterocycles. The van der Waals surface area contributed by atoms with E-state index in [0.29, 0.717) is 18.7 Å². The molecule has 0 bridgehead atoms.